The number of benzene rings is 1. The standard InChI is InChI=1S/C13H13BrN2O3/c1-15(2)11(17)5-6-16-10-4-3-8(14)7-9(10)12(18)13(16)19/h3-4,7H,5-6H2,1-2H3. The zero-order valence-corrected chi connectivity index (χ0v) is 12.2. The normalized spacial score (nSPS) is 13.7. The van der Waals surface area contributed by atoms with E-state index in [1.807, 2.05) is 0 Å². The van der Waals surface area contributed by atoms with Gasteiger partial charge in [0.15, 0.2) is 0 Å². The summed E-state index contributed by atoms with van der Waals surface area (Å²) in [6.07, 6.45) is 0.196. The largest absolute Gasteiger partial charge is 0.349 e. The number of Topliss-reactive ketones (excluding diaryl/α,β-unsaturated/α-hetero) is 1. The third kappa shape index (κ3) is 2.53. The fraction of sp³-hybridized carbons (Fsp3) is 0.308. The van der Waals surface area contributed by atoms with Crippen LogP contribution in [0.4, 0.5) is 5.69 Å². The second-order valence-electron chi connectivity index (χ2n) is 4.49. The highest BCUT2D eigenvalue weighted by molar-refractivity contribution is 9.10. The molecule has 1 aliphatic heterocycles. The Labute approximate surface area is 119 Å². The minimum Gasteiger partial charge on any atom is -0.349 e. The molecule has 1 aromatic rings. The topological polar surface area (TPSA) is 57.7 Å². The Morgan fingerprint density at radius 3 is 2.63 bits per heavy atom. The minimum absolute atomic E-state index is 0.0780. The van der Waals surface area contributed by atoms with Gasteiger partial charge in [0.25, 0.3) is 11.7 Å². The van der Waals surface area contributed by atoms with Gasteiger partial charge in [0.2, 0.25) is 5.91 Å². The Morgan fingerprint density at radius 1 is 1.32 bits per heavy atom. The van der Waals surface area contributed by atoms with Crippen molar-refractivity contribution in [3.05, 3.63) is 28.2 Å². The zero-order valence-electron chi connectivity index (χ0n) is 10.6. The first-order valence-corrected chi connectivity index (χ1v) is 6.57. The van der Waals surface area contributed by atoms with Crippen LogP contribution < -0.4 is 4.90 Å². The third-order valence-electron chi connectivity index (χ3n) is 2.98. The molecular formula is C13H13BrN2O3. The van der Waals surface area contributed by atoms with E-state index in [0.29, 0.717) is 11.3 Å². The molecule has 0 radical (unpaired) electrons. The molecule has 0 unspecified atom stereocenters. The lowest BCUT2D eigenvalue weighted by Gasteiger charge is -2.17. The lowest BCUT2D eigenvalue weighted by Crippen LogP contribution is -2.34. The van der Waals surface area contributed by atoms with Gasteiger partial charge in [-0.25, -0.2) is 0 Å². The maximum absolute atomic E-state index is 11.9. The van der Waals surface area contributed by atoms with Gasteiger partial charge in [-0.05, 0) is 18.2 Å². The minimum atomic E-state index is -0.570. The Balaban J connectivity index is 2.22. The lowest BCUT2D eigenvalue weighted by molar-refractivity contribution is -0.128. The molecule has 6 heteroatoms. The van der Waals surface area contributed by atoms with Gasteiger partial charge in [-0.1, -0.05) is 15.9 Å². The summed E-state index contributed by atoms with van der Waals surface area (Å²) in [5, 5.41) is 0. The fourth-order valence-corrected chi connectivity index (χ4v) is 2.29. The van der Waals surface area contributed by atoms with Crippen molar-refractivity contribution in [3.63, 3.8) is 0 Å². The zero-order chi connectivity index (χ0) is 14.2. The molecule has 0 aromatic heterocycles. The molecule has 1 heterocycles. The monoisotopic (exact) mass is 324 g/mol. The number of amides is 2. The van der Waals surface area contributed by atoms with Crippen molar-refractivity contribution in [3.8, 4) is 0 Å². The summed E-state index contributed by atoms with van der Waals surface area (Å²) >= 11 is 3.27. The van der Waals surface area contributed by atoms with E-state index in [2.05, 4.69) is 15.9 Å². The molecule has 0 N–H and O–H groups in total. The highest BCUT2D eigenvalue weighted by Crippen LogP contribution is 2.31. The molecule has 0 saturated heterocycles. The van der Waals surface area contributed by atoms with Gasteiger partial charge in [-0.2, -0.15) is 0 Å². The second kappa shape index (κ2) is 5.13. The van der Waals surface area contributed by atoms with Crippen molar-refractivity contribution in [2.75, 3.05) is 25.5 Å². The number of rotatable bonds is 3. The Morgan fingerprint density at radius 2 is 2.00 bits per heavy atom. The summed E-state index contributed by atoms with van der Waals surface area (Å²) < 4.78 is 0.749. The fourth-order valence-electron chi connectivity index (χ4n) is 1.93. The van der Waals surface area contributed by atoms with E-state index in [4.69, 9.17) is 0 Å². The number of nitrogens with zero attached hydrogens (tertiary/aromatic N) is 2. The Hall–Kier alpha value is -1.69. The van der Waals surface area contributed by atoms with Gasteiger partial charge in [0, 0.05) is 31.5 Å². The van der Waals surface area contributed by atoms with Crippen LogP contribution >= 0.6 is 15.9 Å². The van der Waals surface area contributed by atoms with Crippen molar-refractivity contribution in [1.82, 2.24) is 4.90 Å². The number of carbonyl (C=O) groups excluding carboxylic acids is 3. The summed E-state index contributed by atoms with van der Waals surface area (Å²) in [5.41, 5.74) is 0.960. The first-order valence-electron chi connectivity index (χ1n) is 5.77. The first-order chi connectivity index (χ1) is 8.91. The van der Waals surface area contributed by atoms with E-state index in [-0.39, 0.29) is 18.9 Å². The number of anilines is 1. The quantitative estimate of drug-likeness (QED) is 0.791. The molecule has 5 nitrogen and oxygen atoms in total. The molecule has 0 bridgehead atoms. The van der Waals surface area contributed by atoms with Crippen LogP contribution in [0.2, 0.25) is 0 Å². The van der Waals surface area contributed by atoms with E-state index in [1.54, 1.807) is 32.3 Å². The number of carbonyl (C=O) groups is 3. The summed E-state index contributed by atoms with van der Waals surface area (Å²) in [6.45, 7) is 0.218. The average Bonchev–Trinajstić information content (AvgIpc) is 2.60. The second-order valence-corrected chi connectivity index (χ2v) is 5.40. The van der Waals surface area contributed by atoms with Crippen molar-refractivity contribution >= 4 is 39.2 Å². The number of fused-ring (bicyclic) bond motifs is 1. The van der Waals surface area contributed by atoms with E-state index in [9.17, 15) is 14.4 Å². The van der Waals surface area contributed by atoms with E-state index < -0.39 is 11.7 Å². The molecular weight excluding hydrogens is 312 g/mol. The SMILES string of the molecule is CN(C)C(=O)CCN1C(=O)C(=O)c2cc(Br)ccc21. The molecule has 2 rings (SSSR count). The first kappa shape index (κ1) is 13.7. The molecule has 0 spiro atoms. The van der Waals surface area contributed by atoms with Crippen molar-refractivity contribution in [1.29, 1.82) is 0 Å². The van der Waals surface area contributed by atoms with Gasteiger partial charge >= 0.3 is 0 Å². The highest BCUT2D eigenvalue weighted by atomic mass is 79.9. The number of hydrogen-bond donors (Lipinski definition) is 0. The Bertz CT molecular complexity index is 569. The van der Waals surface area contributed by atoms with Crippen molar-refractivity contribution in [2.45, 2.75) is 6.42 Å². The maximum Gasteiger partial charge on any atom is 0.299 e. The van der Waals surface area contributed by atoms with Crippen LogP contribution in [0, 0.1) is 0 Å². The van der Waals surface area contributed by atoms with Gasteiger partial charge in [-0.15, -0.1) is 0 Å². The molecule has 0 saturated carbocycles. The maximum atomic E-state index is 11.9. The van der Waals surface area contributed by atoms with Crippen LogP contribution in [0.1, 0.15) is 16.8 Å². The Kier molecular flexibility index (Phi) is 3.71. The van der Waals surface area contributed by atoms with Crippen LogP contribution in [0.3, 0.4) is 0 Å². The van der Waals surface area contributed by atoms with Gasteiger partial charge in [0.1, 0.15) is 0 Å². The van der Waals surface area contributed by atoms with Crippen LogP contribution in [0.5, 0.6) is 0 Å². The van der Waals surface area contributed by atoms with Crippen LogP contribution in [-0.4, -0.2) is 43.1 Å². The summed E-state index contributed by atoms with van der Waals surface area (Å²) in [6, 6.07) is 5.11. The number of halogens is 1. The lowest BCUT2D eigenvalue weighted by atomic mass is 10.1. The third-order valence-corrected chi connectivity index (χ3v) is 3.47. The van der Waals surface area contributed by atoms with Crippen LogP contribution in [0.15, 0.2) is 22.7 Å². The summed E-state index contributed by atoms with van der Waals surface area (Å²) in [5.74, 6) is -1.17. The van der Waals surface area contributed by atoms with Crippen molar-refractivity contribution in [2.24, 2.45) is 0 Å². The van der Waals surface area contributed by atoms with Gasteiger partial charge in [0.05, 0.1) is 11.3 Å². The van der Waals surface area contributed by atoms with Crippen LogP contribution in [-0.2, 0) is 9.59 Å². The predicted molar refractivity (Wildman–Crippen MR) is 74.1 cm³/mol. The smallest absolute Gasteiger partial charge is 0.299 e. The molecule has 0 aliphatic carbocycles. The molecule has 0 atom stereocenters. The average molecular weight is 325 g/mol. The molecule has 2 amide bonds. The number of ketones is 1. The van der Waals surface area contributed by atoms with Crippen LogP contribution in [0.25, 0.3) is 0 Å². The molecule has 1 aromatic carbocycles. The van der Waals surface area contributed by atoms with E-state index >= 15 is 0 Å². The summed E-state index contributed by atoms with van der Waals surface area (Å²) in [4.78, 5) is 38.1. The molecule has 0 fully saturated rings. The predicted octanol–water partition coefficient (Wildman–Crippen LogP) is 1.46. The van der Waals surface area contributed by atoms with Gasteiger partial charge < -0.3 is 9.80 Å². The molecule has 1 aliphatic rings. The number of hydrogen-bond acceptors (Lipinski definition) is 3. The van der Waals surface area contributed by atoms with Gasteiger partial charge in [-0.3, -0.25) is 14.4 Å². The van der Waals surface area contributed by atoms with Crippen molar-refractivity contribution < 1.29 is 14.4 Å². The molecule has 19 heavy (non-hydrogen) atoms. The van der Waals surface area contributed by atoms with E-state index in [0.717, 1.165) is 4.47 Å². The summed E-state index contributed by atoms with van der Waals surface area (Å²) in [7, 11) is 3.31. The molecule has 100 valence electrons. The van der Waals surface area contributed by atoms with E-state index in [1.165, 1.54) is 9.80 Å². The highest BCUT2D eigenvalue weighted by Gasteiger charge is 2.35.